The predicted molar refractivity (Wildman–Crippen MR) is 55.2 cm³/mol. The van der Waals surface area contributed by atoms with E-state index < -0.39 is 0 Å². The van der Waals surface area contributed by atoms with Crippen molar-refractivity contribution in [3.8, 4) is 0 Å². The Morgan fingerprint density at radius 2 is 1.93 bits per heavy atom. The molecule has 0 aliphatic carbocycles. The molecule has 1 unspecified atom stereocenters. The highest BCUT2D eigenvalue weighted by atomic mass is 16.5. The van der Waals surface area contributed by atoms with Gasteiger partial charge in [0.25, 0.3) is 0 Å². The Labute approximate surface area is 86.0 Å². The van der Waals surface area contributed by atoms with Crippen molar-refractivity contribution in [3.05, 3.63) is 0 Å². The first-order valence-corrected chi connectivity index (χ1v) is 4.75. The number of carbonyl (C=O) groups is 1. The smallest absolute Gasteiger partial charge is 0.322 e. The molecule has 0 amide bonds. The van der Waals surface area contributed by atoms with Gasteiger partial charge in [-0.2, -0.15) is 0 Å². The fourth-order valence-electron chi connectivity index (χ4n) is 1.15. The zero-order valence-corrected chi connectivity index (χ0v) is 9.72. The van der Waals surface area contributed by atoms with Crippen LogP contribution in [0, 0.1) is 0 Å². The molecule has 0 fully saturated rings. The van der Waals surface area contributed by atoms with Gasteiger partial charge in [-0.25, -0.2) is 0 Å². The normalized spacial score (nSPS) is 13.8. The Bertz CT molecular complexity index is 175. The molecule has 0 aliphatic heterocycles. The maximum atomic E-state index is 11.4. The molecule has 0 rings (SSSR count). The lowest BCUT2D eigenvalue weighted by Gasteiger charge is -2.26. The first kappa shape index (κ1) is 13.4. The average Bonchev–Trinajstić information content (AvgIpc) is 2.09. The van der Waals surface area contributed by atoms with Gasteiger partial charge >= 0.3 is 5.97 Å². The highest BCUT2D eigenvalue weighted by Crippen LogP contribution is 2.05. The molecular formula is C10H21NO3. The Balaban J connectivity index is 4.18. The summed E-state index contributed by atoms with van der Waals surface area (Å²) in [6, 6.07) is -0.292. The van der Waals surface area contributed by atoms with E-state index in [0.29, 0.717) is 13.0 Å². The van der Waals surface area contributed by atoms with E-state index in [1.54, 1.807) is 7.11 Å². The first-order chi connectivity index (χ1) is 6.40. The van der Waals surface area contributed by atoms with Crippen LogP contribution < -0.4 is 5.32 Å². The highest BCUT2D eigenvalue weighted by molar-refractivity contribution is 5.75. The third kappa shape index (κ3) is 5.94. The van der Waals surface area contributed by atoms with Crippen LogP contribution in [0.5, 0.6) is 0 Å². The van der Waals surface area contributed by atoms with Crippen LogP contribution in [0.1, 0.15) is 27.2 Å². The number of hydrogen-bond acceptors (Lipinski definition) is 4. The lowest BCUT2D eigenvalue weighted by Crippen LogP contribution is -2.48. The van der Waals surface area contributed by atoms with Crippen molar-refractivity contribution in [3.63, 3.8) is 0 Å². The molecule has 0 aliphatic rings. The van der Waals surface area contributed by atoms with E-state index in [2.05, 4.69) is 5.32 Å². The van der Waals surface area contributed by atoms with E-state index in [1.165, 1.54) is 7.11 Å². The zero-order chi connectivity index (χ0) is 11.2. The first-order valence-electron chi connectivity index (χ1n) is 4.75. The molecule has 0 aromatic heterocycles. The Morgan fingerprint density at radius 3 is 2.29 bits per heavy atom. The third-order valence-electron chi connectivity index (χ3n) is 1.70. The number of methoxy groups -OCH3 is 2. The molecule has 0 aromatic rings. The van der Waals surface area contributed by atoms with Crippen molar-refractivity contribution in [1.82, 2.24) is 5.32 Å². The number of nitrogens with one attached hydrogen (secondary N) is 1. The summed E-state index contributed by atoms with van der Waals surface area (Å²) in [4.78, 5) is 11.4. The van der Waals surface area contributed by atoms with Crippen LogP contribution in [0.4, 0.5) is 0 Å². The van der Waals surface area contributed by atoms with Gasteiger partial charge in [-0.15, -0.1) is 0 Å². The quantitative estimate of drug-likeness (QED) is 0.676. The molecule has 84 valence electrons. The van der Waals surface area contributed by atoms with Gasteiger partial charge < -0.3 is 9.47 Å². The number of rotatable bonds is 5. The summed E-state index contributed by atoms with van der Waals surface area (Å²) in [6.45, 7) is 6.57. The summed E-state index contributed by atoms with van der Waals surface area (Å²) in [5.41, 5.74) is -0.105. The van der Waals surface area contributed by atoms with Gasteiger partial charge in [0.05, 0.1) is 7.11 Å². The van der Waals surface area contributed by atoms with E-state index in [0.717, 1.165) is 0 Å². The van der Waals surface area contributed by atoms with Gasteiger partial charge in [0.1, 0.15) is 6.04 Å². The van der Waals surface area contributed by atoms with Crippen LogP contribution >= 0.6 is 0 Å². The Kier molecular flexibility index (Phi) is 5.72. The molecule has 0 saturated carbocycles. The van der Waals surface area contributed by atoms with Crippen molar-refractivity contribution in [2.75, 3.05) is 20.8 Å². The summed E-state index contributed by atoms with van der Waals surface area (Å²) >= 11 is 0. The maximum absolute atomic E-state index is 11.4. The van der Waals surface area contributed by atoms with E-state index >= 15 is 0 Å². The van der Waals surface area contributed by atoms with Crippen molar-refractivity contribution in [2.24, 2.45) is 0 Å². The van der Waals surface area contributed by atoms with Gasteiger partial charge in [0.15, 0.2) is 0 Å². The van der Waals surface area contributed by atoms with Crippen molar-refractivity contribution in [1.29, 1.82) is 0 Å². The van der Waals surface area contributed by atoms with Crippen LogP contribution in [0.2, 0.25) is 0 Å². The van der Waals surface area contributed by atoms with E-state index in [9.17, 15) is 4.79 Å². The van der Waals surface area contributed by atoms with Gasteiger partial charge in [-0.1, -0.05) is 0 Å². The molecule has 4 nitrogen and oxygen atoms in total. The van der Waals surface area contributed by atoms with Crippen molar-refractivity contribution >= 4 is 5.97 Å². The summed E-state index contributed by atoms with van der Waals surface area (Å²) in [6.07, 6.45) is 0.625. The number of ether oxygens (including phenoxy) is 2. The topological polar surface area (TPSA) is 47.6 Å². The van der Waals surface area contributed by atoms with Gasteiger partial charge in [-0.3, -0.25) is 10.1 Å². The minimum Gasteiger partial charge on any atom is -0.468 e. The lowest BCUT2D eigenvalue weighted by molar-refractivity contribution is -0.144. The van der Waals surface area contributed by atoms with Crippen LogP contribution in [-0.2, 0) is 14.3 Å². The molecule has 0 aromatic carbocycles. The number of carbonyl (C=O) groups excluding carboxylic acids is 1. The maximum Gasteiger partial charge on any atom is 0.322 e. The van der Waals surface area contributed by atoms with Gasteiger partial charge in [-0.05, 0) is 27.2 Å². The molecule has 0 bridgehead atoms. The van der Waals surface area contributed by atoms with Crippen LogP contribution in [0.15, 0.2) is 0 Å². The minimum atomic E-state index is -0.292. The molecule has 0 saturated heterocycles. The minimum absolute atomic E-state index is 0.105. The molecule has 1 N–H and O–H groups in total. The van der Waals surface area contributed by atoms with Crippen LogP contribution in [0.3, 0.4) is 0 Å². The number of esters is 1. The van der Waals surface area contributed by atoms with E-state index in [4.69, 9.17) is 9.47 Å². The molecule has 0 radical (unpaired) electrons. The predicted octanol–water partition coefficient (Wildman–Crippen LogP) is 0.953. The SMILES string of the molecule is COCCC(NC(C)(C)C)C(=O)OC. The standard InChI is InChI=1S/C10H21NO3/c1-10(2,3)11-8(6-7-13-4)9(12)14-5/h8,11H,6-7H2,1-5H3. The molecule has 0 spiro atoms. The van der Waals surface area contributed by atoms with E-state index in [-0.39, 0.29) is 17.6 Å². The fraction of sp³-hybridized carbons (Fsp3) is 0.900. The summed E-state index contributed by atoms with van der Waals surface area (Å²) < 4.78 is 9.63. The largest absolute Gasteiger partial charge is 0.468 e. The molecular weight excluding hydrogens is 182 g/mol. The van der Waals surface area contributed by atoms with Crippen molar-refractivity contribution < 1.29 is 14.3 Å². The molecule has 0 heterocycles. The van der Waals surface area contributed by atoms with E-state index in [1.807, 2.05) is 20.8 Å². The highest BCUT2D eigenvalue weighted by Gasteiger charge is 2.23. The second-order valence-electron chi connectivity index (χ2n) is 4.25. The lowest BCUT2D eigenvalue weighted by atomic mass is 10.1. The Hall–Kier alpha value is -0.610. The number of hydrogen-bond donors (Lipinski definition) is 1. The van der Waals surface area contributed by atoms with Crippen molar-refractivity contribution in [2.45, 2.75) is 38.8 Å². The second-order valence-corrected chi connectivity index (χ2v) is 4.25. The monoisotopic (exact) mass is 203 g/mol. The van der Waals surface area contributed by atoms with Crippen LogP contribution in [0.25, 0.3) is 0 Å². The van der Waals surface area contributed by atoms with Crippen LogP contribution in [-0.4, -0.2) is 38.4 Å². The molecule has 1 atom stereocenters. The third-order valence-corrected chi connectivity index (χ3v) is 1.70. The second kappa shape index (κ2) is 5.98. The zero-order valence-electron chi connectivity index (χ0n) is 9.72. The summed E-state index contributed by atoms with van der Waals surface area (Å²) in [7, 11) is 3.01. The van der Waals surface area contributed by atoms with Gasteiger partial charge in [0.2, 0.25) is 0 Å². The molecule has 14 heavy (non-hydrogen) atoms. The van der Waals surface area contributed by atoms with Gasteiger partial charge in [0, 0.05) is 19.3 Å². The Morgan fingerprint density at radius 1 is 1.36 bits per heavy atom. The fourth-order valence-corrected chi connectivity index (χ4v) is 1.15. The average molecular weight is 203 g/mol. The molecule has 4 heteroatoms. The summed E-state index contributed by atoms with van der Waals surface area (Å²) in [5.74, 6) is -0.239. The summed E-state index contributed by atoms with van der Waals surface area (Å²) in [5, 5.41) is 3.19.